The van der Waals surface area contributed by atoms with Gasteiger partial charge in [-0.3, -0.25) is 4.79 Å². The Balaban J connectivity index is 4.76. The van der Waals surface area contributed by atoms with Crippen LogP contribution in [0, 0.1) is 11.3 Å². The lowest BCUT2D eigenvalue weighted by molar-refractivity contribution is -0.136. The van der Waals surface area contributed by atoms with Crippen LogP contribution in [0.1, 0.15) is 13.3 Å². The molecule has 0 amide bonds. The van der Waals surface area contributed by atoms with Gasteiger partial charge in [-0.25, -0.2) is 8.42 Å². The lowest BCUT2D eigenvalue weighted by Gasteiger charge is -2.06. The maximum Gasteiger partial charge on any atom is 0.321 e. The normalized spacial score (nSPS) is 13.3. The molecule has 1 atom stereocenters. The summed E-state index contributed by atoms with van der Waals surface area (Å²) in [6.07, 6.45) is -0.0145. The number of nitrogens with zero attached hydrogens (tertiary/aromatic N) is 1. The molecule has 0 aliphatic carbocycles. The molecule has 0 aromatic rings. The molecule has 0 bridgehead atoms. The summed E-state index contributed by atoms with van der Waals surface area (Å²) in [5, 5.41) is 15.1. The highest BCUT2D eigenvalue weighted by Crippen LogP contribution is 2.06. The summed E-state index contributed by atoms with van der Waals surface area (Å²) < 4.78 is 22.0. The van der Waals surface area contributed by atoms with E-state index in [0.717, 1.165) is 0 Å². The number of carboxylic acids is 1. The zero-order valence-corrected chi connectivity index (χ0v) is 7.34. The number of sulfone groups is 1. The van der Waals surface area contributed by atoms with Crippen molar-refractivity contribution < 1.29 is 18.3 Å². The van der Waals surface area contributed by atoms with Crippen LogP contribution >= 0.6 is 0 Å². The molecule has 0 rings (SSSR count). The van der Waals surface area contributed by atoms with Gasteiger partial charge in [0.25, 0.3) is 0 Å². The summed E-state index contributed by atoms with van der Waals surface area (Å²) in [4.78, 5) is 10.4. The van der Waals surface area contributed by atoms with E-state index in [2.05, 4.69) is 0 Å². The molecule has 0 saturated heterocycles. The van der Waals surface area contributed by atoms with E-state index >= 15 is 0 Å². The molecule has 0 aromatic heterocycles. The third-order valence-corrected chi connectivity index (χ3v) is 3.28. The van der Waals surface area contributed by atoms with Gasteiger partial charge in [-0.05, 0) is 6.42 Å². The molecule has 6 heteroatoms. The lowest BCUT2D eigenvalue weighted by Crippen LogP contribution is -2.30. The summed E-state index contributed by atoms with van der Waals surface area (Å²) >= 11 is 0. The van der Waals surface area contributed by atoms with Crippen LogP contribution in [0.4, 0.5) is 0 Å². The van der Waals surface area contributed by atoms with Crippen LogP contribution < -0.4 is 0 Å². The molecule has 0 aliphatic heterocycles. The van der Waals surface area contributed by atoms with Gasteiger partial charge in [-0.2, -0.15) is 5.26 Å². The topological polar surface area (TPSA) is 95.2 Å². The van der Waals surface area contributed by atoms with Crippen molar-refractivity contribution in [1.82, 2.24) is 0 Å². The fourth-order valence-corrected chi connectivity index (χ4v) is 1.97. The number of hydrogen-bond donors (Lipinski definition) is 1. The van der Waals surface area contributed by atoms with Gasteiger partial charge in [-0.1, -0.05) is 6.92 Å². The Kier molecular flexibility index (Phi) is 3.70. The molecule has 5 nitrogen and oxygen atoms in total. The van der Waals surface area contributed by atoms with Crippen molar-refractivity contribution in [3.8, 4) is 6.07 Å². The maximum atomic E-state index is 11.0. The molecule has 1 N–H and O–H groups in total. The van der Waals surface area contributed by atoms with E-state index in [4.69, 9.17) is 10.4 Å². The third kappa shape index (κ3) is 2.51. The van der Waals surface area contributed by atoms with Crippen molar-refractivity contribution in [3.05, 3.63) is 0 Å². The van der Waals surface area contributed by atoms with Gasteiger partial charge >= 0.3 is 5.97 Å². The second-order valence-electron chi connectivity index (χ2n) is 2.20. The van der Waals surface area contributed by atoms with Crippen LogP contribution in [0.2, 0.25) is 0 Å². The fourth-order valence-electron chi connectivity index (χ4n) is 0.773. The predicted molar refractivity (Wildman–Crippen MR) is 41.1 cm³/mol. The Morgan fingerprint density at radius 2 is 2.17 bits per heavy atom. The summed E-state index contributed by atoms with van der Waals surface area (Å²) in [6, 6.07) is 1.43. The van der Waals surface area contributed by atoms with Gasteiger partial charge in [-0.15, -0.1) is 0 Å². The van der Waals surface area contributed by atoms with Crippen molar-refractivity contribution in [2.75, 3.05) is 5.75 Å². The lowest BCUT2D eigenvalue weighted by atomic mass is 10.3. The first-order valence-electron chi connectivity index (χ1n) is 3.27. The summed E-state index contributed by atoms with van der Waals surface area (Å²) in [5.41, 5.74) is 0. The van der Waals surface area contributed by atoms with E-state index in [9.17, 15) is 13.2 Å². The van der Waals surface area contributed by atoms with Gasteiger partial charge in [0, 0.05) is 0 Å². The first-order valence-corrected chi connectivity index (χ1v) is 4.98. The fraction of sp³-hybridized carbons (Fsp3) is 0.667. The van der Waals surface area contributed by atoms with Crippen molar-refractivity contribution in [2.24, 2.45) is 0 Å². The first-order chi connectivity index (χ1) is 5.45. The Morgan fingerprint density at radius 3 is 2.42 bits per heavy atom. The largest absolute Gasteiger partial charge is 0.480 e. The molecule has 0 spiro atoms. The Hall–Kier alpha value is -1.09. The minimum atomic E-state index is -3.78. The number of carbonyl (C=O) groups is 1. The minimum absolute atomic E-state index is 0.0145. The van der Waals surface area contributed by atoms with Crippen LogP contribution in [0.15, 0.2) is 0 Å². The minimum Gasteiger partial charge on any atom is -0.480 e. The molecule has 0 aliphatic rings. The highest BCUT2D eigenvalue weighted by molar-refractivity contribution is 7.92. The van der Waals surface area contributed by atoms with Crippen LogP contribution in [-0.2, 0) is 14.6 Å². The molecule has 68 valence electrons. The highest BCUT2D eigenvalue weighted by atomic mass is 32.2. The predicted octanol–water partition coefficient (Wildman–Crippen LogP) is -0.212. The van der Waals surface area contributed by atoms with Crippen molar-refractivity contribution in [2.45, 2.75) is 18.6 Å². The molecule has 0 radical (unpaired) electrons. The number of hydrogen-bond acceptors (Lipinski definition) is 4. The second kappa shape index (κ2) is 4.07. The zero-order valence-electron chi connectivity index (χ0n) is 6.52. The second-order valence-corrected chi connectivity index (χ2v) is 4.38. The van der Waals surface area contributed by atoms with Crippen LogP contribution in [0.25, 0.3) is 0 Å². The van der Waals surface area contributed by atoms with Gasteiger partial charge < -0.3 is 5.11 Å². The Bertz CT molecular complexity index is 300. The van der Waals surface area contributed by atoms with Crippen molar-refractivity contribution in [1.29, 1.82) is 5.26 Å². The monoisotopic (exact) mass is 191 g/mol. The van der Waals surface area contributed by atoms with E-state index in [1.54, 1.807) is 0 Å². The quantitative estimate of drug-likeness (QED) is 0.663. The van der Waals surface area contributed by atoms with E-state index in [0.29, 0.717) is 0 Å². The molecule has 0 heterocycles. The van der Waals surface area contributed by atoms with Gasteiger partial charge in [0.05, 0.1) is 6.07 Å². The number of nitriles is 1. The molecular formula is C6H9NO4S. The standard InChI is InChI=1S/C6H9NO4S/c1-2-5(6(8)9)12(10,11)4-3-7/h5H,2,4H2,1H3,(H,8,9). The van der Waals surface area contributed by atoms with Gasteiger partial charge in [0.15, 0.2) is 15.1 Å². The Labute approximate surface area is 70.5 Å². The van der Waals surface area contributed by atoms with Crippen LogP contribution in [0.5, 0.6) is 0 Å². The van der Waals surface area contributed by atoms with E-state index < -0.39 is 26.8 Å². The maximum absolute atomic E-state index is 11.0. The average molecular weight is 191 g/mol. The average Bonchev–Trinajstić information content (AvgIpc) is 1.86. The smallest absolute Gasteiger partial charge is 0.321 e. The SMILES string of the molecule is CCC(C(=O)O)S(=O)(=O)CC#N. The molecule has 12 heavy (non-hydrogen) atoms. The number of rotatable bonds is 4. The van der Waals surface area contributed by atoms with Gasteiger partial charge in [0.1, 0.15) is 5.75 Å². The zero-order chi connectivity index (χ0) is 9.78. The molecule has 1 unspecified atom stereocenters. The Morgan fingerprint density at radius 1 is 1.67 bits per heavy atom. The van der Waals surface area contributed by atoms with Crippen LogP contribution in [0.3, 0.4) is 0 Å². The molecule has 0 saturated carbocycles. The van der Waals surface area contributed by atoms with E-state index in [-0.39, 0.29) is 6.42 Å². The number of carboxylic acid groups (broad SMARTS) is 1. The van der Waals surface area contributed by atoms with E-state index in [1.807, 2.05) is 0 Å². The summed E-state index contributed by atoms with van der Waals surface area (Å²) in [6.45, 7) is 1.45. The van der Waals surface area contributed by atoms with Crippen molar-refractivity contribution >= 4 is 15.8 Å². The highest BCUT2D eigenvalue weighted by Gasteiger charge is 2.30. The first kappa shape index (κ1) is 10.9. The third-order valence-electron chi connectivity index (χ3n) is 1.35. The van der Waals surface area contributed by atoms with E-state index in [1.165, 1.54) is 13.0 Å². The molecule has 0 aromatic carbocycles. The van der Waals surface area contributed by atoms with Crippen molar-refractivity contribution in [3.63, 3.8) is 0 Å². The molecular weight excluding hydrogens is 182 g/mol. The molecule has 0 fully saturated rings. The summed E-state index contributed by atoms with van der Waals surface area (Å²) in [5.74, 6) is -2.13. The number of aliphatic carboxylic acids is 1. The van der Waals surface area contributed by atoms with Crippen LogP contribution in [-0.4, -0.2) is 30.5 Å². The van der Waals surface area contributed by atoms with Gasteiger partial charge in [0.2, 0.25) is 0 Å². The summed E-state index contributed by atoms with van der Waals surface area (Å²) in [7, 11) is -3.78.